The number of aliphatic hydroxyl groups is 3. The molecule has 0 spiro atoms. The third-order valence-corrected chi connectivity index (χ3v) is 8.05. The molecule has 2 aromatic rings. The van der Waals surface area contributed by atoms with Crippen molar-refractivity contribution in [2.75, 3.05) is 13.1 Å². The van der Waals surface area contributed by atoms with Gasteiger partial charge in [-0.05, 0) is 68.3 Å². The first kappa shape index (κ1) is 30.4. The van der Waals surface area contributed by atoms with Gasteiger partial charge in [0.2, 0.25) is 6.29 Å². The van der Waals surface area contributed by atoms with Crippen molar-refractivity contribution >= 4 is 5.97 Å². The third-order valence-electron chi connectivity index (χ3n) is 8.05. The van der Waals surface area contributed by atoms with Gasteiger partial charge in [-0.25, -0.2) is 4.79 Å². The molecule has 1 aliphatic carbocycles. The predicted octanol–water partition coefficient (Wildman–Crippen LogP) is 2.12. The maximum absolute atomic E-state index is 11.7. The quantitative estimate of drug-likeness (QED) is 0.353. The van der Waals surface area contributed by atoms with Gasteiger partial charge in [0.05, 0.1) is 0 Å². The summed E-state index contributed by atoms with van der Waals surface area (Å²) < 4.78 is 17.8. The van der Waals surface area contributed by atoms with E-state index in [0.717, 1.165) is 61.9 Å². The second-order valence-electron chi connectivity index (χ2n) is 10.6. The Bertz CT molecular complexity index is 1120. The number of piperidine rings is 1. The average Bonchev–Trinajstić information content (AvgIpc) is 2.92. The zero-order chi connectivity index (χ0) is 26.8. The van der Waals surface area contributed by atoms with Crippen LogP contribution in [0.25, 0.3) is 0 Å². The molecule has 2 heterocycles. The van der Waals surface area contributed by atoms with Crippen LogP contribution in [0.15, 0.2) is 42.5 Å². The van der Waals surface area contributed by atoms with Gasteiger partial charge in [-0.3, -0.25) is 4.90 Å². The molecule has 0 bridgehead atoms. The monoisotopic (exact) mass is 616 g/mol. The molecule has 2 saturated heterocycles. The van der Waals surface area contributed by atoms with E-state index in [-0.39, 0.29) is 32.7 Å². The summed E-state index contributed by atoms with van der Waals surface area (Å²) in [6, 6.07) is 14.1. The van der Waals surface area contributed by atoms with Crippen LogP contribution in [0.2, 0.25) is 0 Å². The van der Waals surface area contributed by atoms with Crippen LogP contribution in [0.4, 0.5) is 0 Å². The van der Waals surface area contributed by atoms with Crippen LogP contribution in [0, 0.1) is 5.92 Å². The Morgan fingerprint density at radius 1 is 1.05 bits per heavy atom. The van der Waals surface area contributed by atoms with Crippen molar-refractivity contribution in [1.29, 1.82) is 0 Å². The Morgan fingerprint density at radius 2 is 1.82 bits per heavy atom. The number of benzene rings is 2. The first-order valence-corrected chi connectivity index (χ1v) is 13.5. The van der Waals surface area contributed by atoms with E-state index in [1.165, 1.54) is 0 Å². The predicted molar refractivity (Wildman–Crippen MR) is 138 cm³/mol. The third kappa shape index (κ3) is 6.51. The minimum absolute atomic E-state index is 0. The number of carboxylic acids is 1. The summed E-state index contributed by atoms with van der Waals surface area (Å²) in [5, 5.41) is 40.6. The molecule has 10 heteroatoms. The Morgan fingerprint density at radius 3 is 2.54 bits per heavy atom. The van der Waals surface area contributed by atoms with Gasteiger partial charge in [0.25, 0.3) is 0 Å². The van der Waals surface area contributed by atoms with Gasteiger partial charge in [0.1, 0.15) is 24.9 Å². The topological polar surface area (TPSA) is 129 Å². The van der Waals surface area contributed by atoms with Gasteiger partial charge in [-0.2, -0.15) is 0 Å². The molecule has 7 atom stereocenters. The molecule has 4 N–H and O–H groups in total. The van der Waals surface area contributed by atoms with E-state index >= 15 is 0 Å². The summed E-state index contributed by atoms with van der Waals surface area (Å²) in [6.07, 6.45) is -3.45. The van der Waals surface area contributed by atoms with Crippen molar-refractivity contribution in [1.82, 2.24) is 4.90 Å². The molecule has 0 unspecified atom stereocenters. The molecular weight excluding hydrogens is 579 g/mol. The van der Waals surface area contributed by atoms with Crippen molar-refractivity contribution in [3.63, 3.8) is 0 Å². The second-order valence-corrected chi connectivity index (χ2v) is 10.6. The van der Waals surface area contributed by atoms with Crippen LogP contribution in [-0.4, -0.2) is 81.1 Å². The fourth-order valence-electron chi connectivity index (χ4n) is 6.10. The summed E-state index contributed by atoms with van der Waals surface area (Å²) in [4.78, 5) is 14.2. The second kappa shape index (κ2) is 13.4. The molecule has 39 heavy (non-hydrogen) atoms. The largest absolute Gasteiger partial charge is 0.485 e. The average molecular weight is 617 g/mol. The first-order chi connectivity index (χ1) is 18.4. The molecule has 3 aliphatic rings. The Kier molecular flexibility index (Phi) is 10.4. The van der Waals surface area contributed by atoms with Gasteiger partial charge < -0.3 is 34.6 Å². The summed E-state index contributed by atoms with van der Waals surface area (Å²) in [5.41, 5.74) is 3.05. The van der Waals surface area contributed by atoms with Crippen LogP contribution in [-0.2, 0) is 61.7 Å². The number of likely N-dealkylation sites (tertiary alicyclic amines) is 1. The van der Waals surface area contributed by atoms with Crippen molar-refractivity contribution < 1.29 is 72.1 Å². The zero-order valence-corrected chi connectivity index (χ0v) is 25.0. The summed E-state index contributed by atoms with van der Waals surface area (Å²) in [6.45, 7) is 4.66. The minimum atomic E-state index is -1.78. The van der Waals surface area contributed by atoms with Crippen LogP contribution in [0.3, 0.4) is 0 Å². The number of hydrogen-bond donors (Lipinski definition) is 4. The number of ether oxygens (including phenoxy) is 3. The summed E-state index contributed by atoms with van der Waals surface area (Å²) in [7, 11) is 0. The van der Waals surface area contributed by atoms with E-state index in [1.807, 2.05) is 36.4 Å². The van der Waals surface area contributed by atoms with Gasteiger partial charge in [-0.1, -0.05) is 43.3 Å². The van der Waals surface area contributed by atoms with E-state index in [0.29, 0.717) is 30.1 Å². The Balaban J connectivity index is 0.00000353. The van der Waals surface area contributed by atoms with E-state index in [9.17, 15) is 25.2 Å². The fourth-order valence-corrected chi connectivity index (χ4v) is 6.10. The normalized spacial score (nSPS) is 30.4. The molecule has 2 aromatic carbocycles. The number of hydrogen-bond acceptors (Lipinski definition) is 8. The Labute approximate surface area is 253 Å². The van der Waals surface area contributed by atoms with E-state index in [1.54, 1.807) is 0 Å². The van der Waals surface area contributed by atoms with Crippen LogP contribution in [0.5, 0.6) is 11.5 Å². The Hall–Kier alpha value is -1.59. The molecule has 1 radical (unpaired) electrons. The van der Waals surface area contributed by atoms with E-state index < -0.39 is 36.7 Å². The molecule has 9 nitrogen and oxygen atoms in total. The van der Waals surface area contributed by atoms with Gasteiger partial charge in [-0.15, -0.1) is 0 Å². The molecule has 2 fully saturated rings. The maximum Gasteiger partial charge on any atom is 0.335 e. The fraction of sp³-hybridized carbons (Fsp3) is 0.552. The zero-order valence-electron chi connectivity index (χ0n) is 22.2. The van der Waals surface area contributed by atoms with E-state index in [4.69, 9.17) is 14.2 Å². The molecule has 2 aliphatic heterocycles. The number of nitrogens with zero attached hydrogens (tertiary/aromatic N) is 1. The first-order valence-electron chi connectivity index (χ1n) is 13.5. The number of fused-ring (bicyclic) bond motifs is 2. The molecule has 5 rings (SSSR count). The summed E-state index contributed by atoms with van der Waals surface area (Å²) >= 11 is 0. The van der Waals surface area contributed by atoms with Crippen molar-refractivity contribution in [3.05, 3.63) is 59.2 Å². The molecule has 0 amide bonds. The van der Waals surface area contributed by atoms with Crippen molar-refractivity contribution in [2.45, 2.75) is 82.4 Å². The number of aliphatic hydroxyl groups excluding tert-OH is 3. The number of rotatable bonds is 8. The SMILES string of the molecule is CCCN1CCC[C@@H]2Cc3c(ccc(OCc4ccccc4)c3O[C@@H]3O[C@H](C(=O)O)[C@@H](O)[C@H](O)[C@H]3O)C[C@H]21.[Y]. The van der Waals surface area contributed by atoms with Crippen molar-refractivity contribution in [3.8, 4) is 11.5 Å². The minimum Gasteiger partial charge on any atom is -0.485 e. The van der Waals surface area contributed by atoms with Crippen LogP contribution >= 0.6 is 0 Å². The molecule has 209 valence electrons. The molecule has 0 saturated carbocycles. The van der Waals surface area contributed by atoms with Crippen LogP contribution < -0.4 is 9.47 Å². The van der Waals surface area contributed by atoms with Crippen LogP contribution in [0.1, 0.15) is 42.9 Å². The number of aliphatic carboxylic acids is 1. The summed E-state index contributed by atoms with van der Waals surface area (Å²) in [5.74, 6) is -0.170. The standard InChI is InChI=1S/C29H37NO8.Y/c1-2-12-30-13-6-9-19-14-20-18(15-21(19)30)10-11-22(36-16-17-7-4-3-5-8-17)26(20)37-29-25(33)23(31)24(32)27(38-29)28(34)35;/h3-5,7-8,10-11,19,21,23-25,27,29,31-33H,2,6,9,12-16H2,1H3,(H,34,35);/t19-,21-,23+,24+,25-,27+,29-;/m1./s1. The van der Waals surface area contributed by atoms with Gasteiger partial charge in [0.15, 0.2) is 17.6 Å². The van der Waals surface area contributed by atoms with E-state index in [2.05, 4.69) is 17.9 Å². The smallest absolute Gasteiger partial charge is 0.335 e. The van der Waals surface area contributed by atoms with Gasteiger partial charge in [0, 0.05) is 44.3 Å². The maximum atomic E-state index is 11.7. The number of carboxylic acid groups (broad SMARTS) is 1. The van der Waals surface area contributed by atoms with Gasteiger partial charge >= 0.3 is 5.97 Å². The van der Waals surface area contributed by atoms with Crippen molar-refractivity contribution in [2.24, 2.45) is 5.92 Å². The number of carbonyl (C=O) groups is 1. The molecular formula is C29H37NO8Y. The molecule has 0 aromatic heterocycles.